The van der Waals surface area contributed by atoms with E-state index in [2.05, 4.69) is 36.6 Å². The molecule has 0 fully saturated rings. The third-order valence-electron chi connectivity index (χ3n) is 0.722. The summed E-state index contributed by atoms with van der Waals surface area (Å²) in [6.45, 7) is 1.84. The van der Waals surface area contributed by atoms with Crippen molar-refractivity contribution in [3.63, 3.8) is 0 Å². The number of hydrogen-bond donors (Lipinski definition) is 0. The average Bonchev–Trinajstić information content (AvgIpc) is 1.79. The molecular formula is C6H8Br2O2. The Morgan fingerprint density at radius 3 is 2.60 bits per heavy atom. The summed E-state index contributed by atoms with van der Waals surface area (Å²) < 4.78 is 5.55. The summed E-state index contributed by atoms with van der Waals surface area (Å²) in [6, 6.07) is 0. The molecule has 0 spiro atoms. The van der Waals surface area contributed by atoms with Gasteiger partial charge >= 0.3 is 5.97 Å². The standard InChI is InChI=1S/C6H8Br2O2/c1-5(9)10-4-2-3-6(7)8/h3H,2,4H2,1H3. The van der Waals surface area contributed by atoms with Gasteiger partial charge in [0.15, 0.2) is 0 Å². The van der Waals surface area contributed by atoms with Crippen LogP contribution in [0, 0.1) is 0 Å². The van der Waals surface area contributed by atoms with Crippen molar-refractivity contribution < 1.29 is 9.53 Å². The molecule has 0 aliphatic rings. The van der Waals surface area contributed by atoms with Gasteiger partial charge in [0.25, 0.3) is 0 Å². The van der Waals surface area contributed by atoms with Crippen LogP contribution in [0.3, 0.4) is 0 Å². The number of esters is 1. The molecule has 10 heavy (non-hydrogen) atoms. The van der Waals surface area contributed by atoms with Gasteiger partial charge in [-0.2, -0.15) is 0 Å². The Balaban J connectivity index is 3.21. The van der Waals surface area contributed by atoms with Gasteiger partial charge < -0.3 is 4.74 Å². The highest BCUT2D eigenvalue weighted by molar-refractivity contribution is 9.28. The number of rotatable bonds is 3. The summed E-state index contributed by atoms with van der Waals surface area (Å²) in [4.78, 5) is 10.2. The topological polar surface area (TPSA) is 26.3 Å². The molecule has 0 aliphatic heterocycles. The van der Waals surface area contributed by atoms with Crippen molar-refractivity contribution >= 4 is 37.8 Å². The average molecular weight is 272 g/mol. The molecule has 0 N–H and O–H groups in total. The fraction of sp³-hybridized carbons (Fsp3) is 0.500. The minimum atomic E-state index is -0.237. The van der Waals surface area contributed by atoms with E-state index in [0.29, 0.717) is 6.61 Å². The predicted molar refractivity (Wildman–Crippen MR) is 47.2 cm³/mol. The quantitative estimate of drug-likeness (QED) is 0.583. The molecule has 0 heterocycles. The molecule has 0 radical (unpaired) electrons. The predicted octanol–water partition coefficient (Wildman–Crippen LogP) is 2.57. The van der Waals surface area contributed by atoms with E-state index in [0.717, 1.165) is 9.81 Å². The number of carbonyl (C=O) groups is 1. The maximum Gasteiger partial charge on any atom is 0.302 e. The summed E-state index contributed by atoms with van der Waals surface area (Å²) in [5.41, 5.74) is 0. The first-order chi connectivity index (χ1) is 4.63. The fourth-order valence-electron chi connectivity index (χ4n) is 0.371. The summed E-state index contributed by atoms with van der Waals surface area (Å²) >= 11 is 6.36. The summed E-state index contributed by atoms with van der Waals surface area (Å²) in [6.07, 6.45) is 2.61. The summed E-state index contributed by atoms with van der Waals surface area (Å²) in [5.74, 6) is -0.237. The van der Waals surface area contributed by atoms with Crippen molar-refractivity contribution in [1.29, 1.82) is 0 Å². The third kappa shape index (κ3) is 8.17. The van der Waals surface area contributed by atoms with E-state index in [4.69, 9.17) is 0 Å². The highest BCUT2D eigenvalue weighted by Crippen LogP contribution is 2.13. The molecule has 0 aliphatic carbocycles. The maximum absolute atomic E-state index is 10.2. The first kappa shape index (κ1) is 10.2. The number of hydrogen-bond acceptors (Lipinski definition) is 2. The van der Waals surface area contributed by atoms with E-state index in [1.54, 1.807) is 0 Å². The molecule has 0 saturated heterocycles. The van der Waals surface area contributed by atoms with Crippen LogP contribution in [0.1, 0.15) is 13.3 Å². The van der Waals surface area contributed by atoms with Gasteiger partial charge in [0.2, 0.25) is 0 Å². The van der Waals surface area contributed by atoms with E-state index in [9.17, 15) is 4.79 Å². The molecule has 0 aromatic rings. The zero-order valence-electron chi connectivity index (χ0n) is 5.56. The van der Waals surface area contributed by atoms with Crippen LogP contribution in [-0.2, 0) is 9.53 Å². The monoisotopic (exact) mass is 270 g/mol. The van der Waals surface area contributed by atoms with E-state index >= 15 is 0 Å². The van der Waals surface area contributed by atoms with Crippen LogP contribution in [0.15, 0.2) is 9.47 Å². The molecule has 4 heteroatoms. The summed E-state index contributed by atoms with van der Waals surface area (Å²) in [7, 11) is 0. The SMILES string of the molecule is CC(=O)OCCC=C(Br)Br. The highest BCUT2D eigenvalue weighted by Gasteiger charge is 1.89. The van der Waals surface area contributed by atoms with E-state index < -0.39 is 0 Å². The Bertz CT molecular complexity index is 139. The van der Waals surface area contributed by atoms with Crippen LogP contribution in [-0.4, -0.2) is 12.6 Å². The first-order valence-corrected chi connectivity index (χ1v) is 4.36. The van der Waals surface area contributed by atoms with Gasteiger partial charge in [-0.25, -0.2) is 0 Å². The summed E-state index contributed by atoms with van der Waals surface area (Å²) in [5, 5.41) is 0. The molecular weight excluding hydrogens is 264 g/mol. The van der Waals surface area contributed by atoms with Crippen LogP contribution in [0.4, 0.5) is 0 Å². The van der Waals surface area contributed by atoms with Crippen LogP contribution in [0.25, 0.3) is 0 Å². The second-order valence-corrected chi connectivity index (χ2v) is 4.40. The first-order valence-electron chi connectivity index (χ1n) is 2.77. The zero-order chi connectivity index (χ0) is 7.98. The van der Waals surface area contributed by atoms with Crippen LogP contribution in [0.5, 0.6) is 0 Å². The van der Waals surface area contributed by atoms with Gasteiger partial charge in [0.05, 0.1) is 10.00 Å². The lowest BCUT2D eigenvalue weighted by molar-refractivity contribution is -0.140. The Hall–Kier alpha value is 0.170. The maximum atomic E-state index is 10.2. The smallest absolute Gasteiger partial charge is 0.302 e. The molecule has 0 aromatic carbocycles. The van der Waals surface area contributed by atoms with Crippen molar-refractivity contribution in [2.45, 2.75) is 13.3 Å². The molecule has 2 nitrogen and oxygen atoms in total. The molecule has 58 valence electrons. The normalized spacial score (nSPS) is 8.70. The molecule has 0 amide bonds. The van der Waals surface area contributed by atoms with Crippen LogP contribution >= 0.6 is 31.9 Å². The largest absolute Gasteiger partial charge is 0.466 e. The number of carbonyl (C=O) groups excluding carboxylic acids is 1. The van der Waals surface area contributed by atoms with Crippen molar-refractivity contribution in [1.82, 2.24) is 0 Å². The van der Waals surface area contributed by atoms with E-state index in [1.807, 2.05) is 6.08 Å². The Morgan fingerprint density at radius 1 is 1.60 bits per heavy atom. The minimum absolute atomic E-state index is 0.237. The van der Waals surface area contributed by atoms with Gasteiger partial charge in [-0.1, -0.05) is 6.08 Å². The molecule has 0 atom stereocenters. The Kier molecular flexibility index (Phi) is 6.02. The molecule has 0 rings (SSSR count). The Labute approximate surface area is 76.9 Å². The molecule has 0 unspecified atom stereocenters. The van der Waals surface area contributed by atoms with E-state index in [-0.39, 0.29) is 5.97 Å². The lowest BCUT2D eigenvalue weighted by Crippen LogP contribution is -1.98. The van der Waals surface area contributed by atoms with Crippen molar-refractivity contribution in [3.8, 4) is 0 Å². The Morgan fingerprint density at radius 2 is 2.20 bits per heavy atom. The second kappa shape index (κ2) is 5.92. The van der Waals surface area contributed by atoms with Crippen LogP contribution in [0.2, 0.25) is 0 Å². The lowest BCUT2D eigenvalue weighted by atomic mass is 10.5. The van der Waals surface area contributed by atoms with Crippen molar-refractivity contribution in [2.24, 2.45) is 0 Å². The minimum Gasteiger partial charge on any atom is -0.466 e. The van der Waals surface area contributed by atoms with E-state index in [1.165, 1.54) is 6.92 Å². The number of halogens is 2. The van der Waals surface area contributed by atoms with Crippen molar-refractivity contribution in [3.05, 3.63) is 9.47 Å². The van der Waals surface area contributed by atoms with Gasteiger partial charge in [0, 0.05) is 13.3 Å². The molecule has 0 bridgehead atoms. The highest BCUT2D eigenvalue weighted by atomic mass is 79.9. The number of ether oxygens (including phenoxy) is 1. The fourth-order valence-corrected chi connectivity index (χ4v) is 0.829. The second-order valence-electron chi connectivity index (χ2n) is 1.62. The van der Waals surface area contributed by atoms with Gasteiger partial charge in [0.1, 0.15) is 0 Å². The zero-order valence-corrected chi connectivity index (χ0v) is 8.74. The molecule has 0 aromatic heterocycles. The van der Waals surface area contributed by atoms with Gasteiger partial charge in [-0.15, -0.1) is 0 Å². The third-order valence-corrected chi connectivity index (χ3v) is 1.37. The van der Waals surface area contributed by atoms with Crippen LogP contribution < -0.4 is 0 Å². The van der Waals surface area contributed by atoms with Gasteiger partial charge in [-0.3, -0.25) is 4.79 Å². The molecule has 0 saturated carbocycles. The lowest BCUT2D eigenvalue weighted by Gasteiger charge is -1.96. The van der Waals surface area contributed by atoms with Crippen molar-refractivity contribution in [2.75, 3.05) is 6.61 Å². The van der Waals surface area contributed by atoms with Gasteiger partial charge in [-0.05, 0) is 31.9 Å².